The van der Waals surface area contributed by atoms with Crippen LogP contribution in [-0.2, 0) is 0 Å². The van der Waals surface area contributed by atoms with E-state index in [1.165, 1.54) is 25.7 Å². The molecule has 0 atom stereocenters. The molecule has 0 aromatic rings. The lowest BCUT2D eigenvalue weighted by atomic mass is 10.2. The molecule has 0 aliphatic carbocycles. The Morgan fingerprint density at radius 3 is 1.31 bits per heavy atom. The summed E-state index contributed by atoms with van der Waals surface area (Å²) in [5.74, 6) is 0. The Bertz CT molecular complexity index is 90.3. The van der Waals surface area contributed by atoms with Crippen molar-refractivity contribution in [1.29, 1.82) is 0 Å². The second kappa shape index (κ2) is 22.6. The summed E-state index contributed by atoms with van der Waals surface area (Å²) in [6.07, 6.45) is 5.54. The van der Waals surface area contributed by atoms with Crippen LogP contribution in [0.15, 0.2) is 0 Å². The highest BCUT2D eigenvalue weighted by Gasteiger charge is 1.75. The molecule has 0 aliphatic rings. The molecule has 0 aromatic heterocycles. The second-order valence-electron chi connectivity index (χ2n) is 3.58. The highest BCUT2D eigenvalue weighted by Crippen LogP contribution is 1.95. The largest absolute Gasteiger partial charge is 0.362 e. The molecule has 0 N–H and O–H groups in total. The molecular formula is C10H26N2Si. The minimum Gasteiger partial charge on any atom is -0.362 e. The molecule has 13 heavy (non-hydrogen) atoms. The molecule has 0 rings (SSSR count). The summed E-state index contributed by atoms with van der Waals surface area (Å²) in [6, 6.07) is 0. The molecule has 0 saturated heterocycles. The quantitative estimate of drug-likeness (QED) is 0.220. The Balaban J connectivity index is -0.000000125. The first-order valence-corrected chi connectivity index (χ1v) is 8.63. The van der Waals surface area contributed by atoms with E-state index in [9.17, 15) is 0 Å². The van der Waals surface area contributed by atoms with E-state index in [0.29, 0.717) is 0 Å². The van der Waals surface area contributed by atoms with Crippen molar-refractivity contribution in [2.45, 2.75) is 59.2 Å². The van der Waals surface area contributed by atoms with E-state index >= 15 is 0 Å². The summed E-state index contributed by atoms with van der Waals surface area (Å²) < 4.78 is 0. The number of rotatable bonds is 3. The number of unbranched alkanes of at least 4 members (excludes halogenated alkanes) is 3. The monoisotopic (exact) mass is 202 g/mol. The maximum absolute atomic E-state index is 7.08. The summed E-state index contributed by atoms with van der Waals surface area (Å²) >= 11 is 0. The van der Waals surface area contributed by atoms with E-state index in [4.69, 9.17) is 5.53 Å². The van der Waals surface area contributed by atoms with Crippen molar-refractivity contribution >= 4 is 15.5 Å². The molecule has 0 spiro atoms. The maximum atomic E-state index is 7.08. The van der Waals surface area contributed by atoms with Crippen LogP contribution in [0.4, 0.5) is 0 Å². The van der Waals surface area contributed by atoms with Gasteiger partial charge in [0.15, 0.2) is 0 Å². The number of nitrogens with zero attached hydrogens (tertiary/aromatic N) is 2. The third-order valence-electron chi connectivity index (χ3n) is 0.957. The third-order valence-corrected chi connectivity index (χ3v) is 0.957. The van der Waals surface area contributed by atoms with Gasteiger partial charge in [0.05, 0.1) is 0 Å². The molecule has 0 unspecified atom stereocenters. The summed E-state index contributed by atoms with van der Waals surface area (Å²) in [4.78, 5) is 2.25. The molecule has 0 aliphatic heterocycles. The van der Waals surface area contributed by atoms with E-state index in [1.54, 1.807) is 0 Å². The van der Waals surface area contributed by atoms with E-state index in [2.05, 4.69) is 45.0 Å². The lowest BCUT2D eigenvalue weighted by Gasteiger charge is -1.86. The van der Waals surface area contributed by atoms with Crippen molar-refractivity contribution in [3.8, 4) is 0 Å². The van der Waals surface area contributed by atoms with Gasteiger partial charge in [0.25, 0.3) is 0 Å². The van der Waals surface area contributed by atoms with Crippen LogP contribution in [0, 0.1) is 0 Å². The van der Waals surface area contributed by atoms with Crippen LogP contribution in [-0.4, -0.2) is 20.3 Å². The molecule has 0 saturated carbocycles. The van der Waals surface area contributed by atoms with Crippen LogP contribution in [0.1, 0.15) is 39.5 Å². The molecule has 3 heteroatoms. The zero-order valence-corrected chi connectivity index (χ0v) is 11.2. The highest BCUT2D eigenvalue weighted by molar-refractivity contribution is 6.54. The normalized spacial score (nSPS) is 7.54. The lowest BCUT2D eigenvalue weighted by molar-refractivity contribution is 0.0110. The fourth-order valence-corrected chi connectivity index (χ4v) is 0.500. The van der Waals surface area contributed by atoms with Gasteiger partial charge in [0.2, 0.25) is 6.72 Å². The Kier molecular flexibility index (Phi) is 31.9. The Morgan fingerprint density at radius 1 is 1.08 bits per heavy atom. The lowest BCUT2D eigenvalue weighted by Crippen LogP contribution is -1.84. The molecule has 0 bridgehead atoms. The average Bonchev–Trinajstić information content (AvgIpc) is 2.01. The smallest absolute Gasteiger partial charge is 0.245 e. The molecule has 0 aromatic carbocycles. The minimum absolute atomic E-state index is 0.139. The van der Waals surface area contributed by atoms with Gasteiger partial charge in [-0.15, -0.1) is 0 Å². The molecule has 0 fully saturated rings. The van der Waals surface area contributed by atoms with Gasteiger partial charge in [-0.05, 0) is 0 Å². The fraction of sp³-hybridized carbons (Fsp3) is 0.900. The van der Waals surface area contributed by atoms with Crippen molar-refractivity contribution in [2.24, 2.45) is 0 Å². The van der Waals surface area contributed by atoms with Gasteiger partial charge in [-0.3, -0.25) is 0 Å². The van der Waals surface area contributed by atoms with Crippen LogP contribution >= 0.6 is 0 Å². The number of hydrogen-bond donors (Lipinski definition) is 0. The first-order chi connectivity index (χ1) is 6.06. The van der Waals surface area contributed by atoms with Crippen molar-refractivity contribution in [3.05, 3.63) is 5.53 Å². The Morgan fingerprint density at radius 2 is 1.23 bits per heavy atom. The van der Waals surface area contributed by atoms with Crippen LogP contribution in [0.25, 0.3) is 5.53 Å². The second-order valence-corrected chi connectivity index (χ2v) is 7.04. The molecule has 0 amide bonds. The standard InChI is InChI=1S/C6H14.C3H10Si.CH2N2/c1-3-5-6-4-2;1-4(2)3;1-3-2/h3-6H2,1-2H3;4H,1-3H3;1H2. The predicted molar refractivity (Wildman–Crippen MR) is 65.3 cm³/mol. The first kappa shape index (κ1) is 18.4. The van der Waals surface area contributed by atoms with Gasteiger partial charge < -0.3 is 5.53 Å². The van der Waals surface area contributed by atoms with Crippen LogP contribution < -0.4 is 0 Å². The van der Waals surface area contributed by atoms with Gasteiger partial charge in [0, 0.05) is 8.80 Å². The summed E-state index contributed by atoms with van der Waals surface area (Å²) in [5.41, 5.74) is 7.08. The molecular weight excluding hydrogens is 176 g/mol. The number of hydrogen-bond acceptors (Lipinski definition) is 0. The van der Waals surface area contributed by atoms with E-state index in [0.717, 1.165) is 0 Å². The maximum Gasteiger partial charge on any atom is 0.245 e. The summed E-state index contributed by atoms with van der Waals surface area (Å²) in [7, 11) is -0.139. The van der Waals surface area contributed by atoms with Crippen molar-refractivity contribution in [1.82, 2.24) is 0 Å². The average molecular weight is 202 g/mol. The van der Waals surface area contributed by atoms with Gasteiger partial charge in [-0.1, -0.05) is 59.2 Å². The van der Waals surface area contributed by atoms with Crippen LogP contribution in [0.3, 0.4) is 0 Å². The van der Waals surface area contributed by atoms with Gasteiger partial charge in [-0.25, -0.2) is 0 Å². The van der Waals surface area contributed by atoms with Gasteiger partial charge >= 0.3 is 0 Å². The molecule has 0 heterocycles. The van der Waals surface area contributed by atoms with Crippen molar-refractivity contribution in [3.63, 3.8) is 0 Å². The minimum atomic E-state index is -0.139. The predicted octanol–water partition coefficient (Wildman–Crippen LogP) is 3.61. The van der Waals surface area contributed by atoms with Gasteiger partial charge in [-0.2, -0.15) is 4.79 Å². The van der Waals surface area contributed by atoms with E-state index in [-0.39, 0.29) is 8.80 Å². The zero-order valence-electron chi connectivity index (χ0n) is 10.0. The highest BCUT2D eigenvalue weighted by atomic mass is 28.3. The molecule has 0 radical (unpaired) electrons. The fourth-order valence-electron chi connectivity index (χ4n) is 0.500. The SMILES string of the molecule is C=[N+]=[N-].CCCCCC.C[SiH](C)C. The summed E-state index contributed by atoms with van der Waals surface area (Å²) in [5, 5.41) is 0. The van der Waals surface area contributed by atoms with E-state index in [1.807, 2.05) is 0 Å². The third kappa shape index (κ3) is 158. The Hall–Kier alpha value is -0.403. The van der Waals surface area contributed by atoms with Gasteiger partial charge in [0.1, 0.15) is 0 Å². The first-order valence-electron chi connectivity index (χ1n) is 5.16. The van der Waals surface area contributed by atoms with Crippen LogP contribution in [0.5, 0.6) is 0 Å². The van der Waals surface area contributed by atoms with E-state index < -0.39 is 0 Å². The molecule has 2 nitrogen and oxygen atoms in total. The summed E-state index contributed by atoms with van der Waals surface area (Å²) in [6.45, 7) is 14.0. The van der Waals surface area contributed by atoms with Crippen molar-refractivity contribution in [2.75, 3.05) is 0 Å². The van der Waals surface area contributed by atoms with Crippen LogP contribution in [0.2, 0.25) is 19.6 Å². The Labute approximate surface area is 85.6 Å². The zero-order chi connectivity index (χ0) is 11.1. The van der Waals surface area contributed by atoms with Crippen molar-refractivity contribution < 1.29 is 4.79 Å². The topological polar surface area (TPSA) is 36.4 Å². The molecule has 80 valence electrons.